The highest BCUT2D eigenvalue weighted by molar-refractivity contribution is 5.78. The summed E-state index contributed by atoms with van der Waals surface area (Å²) in [4.78, 5) is 13.9. The Morgan fingerprint density at radius 3 is 2.80 bits per heavy atom. The van der Waals surface area contributed by atoms with E-state index < -0.39 is 0 Å². The molecule has 0 aliphatic carbocycles. The third kappa shape index (κ3) is 3.79. The fourth-order valence-electron chi connectivity index (χ4n) is 2.52. The van der Waals surface area contributed by atoms with Crippen molar-refractivity contribution in [3.8, 4) is 0 Å². The fourth-order valence-corrected chi connectivity index (χ4v) is 2.52. The Hall–Kier alpha value is -1.43. The van der Waals surface area contributed by atoms with Gasteiger partial charge in [0.15, 0.2) is 0 Å². The number of hydrazine groups is 1. The number of nitrogens with zero attached hydrogens (tertiary/aromatic N) is 1. The largest absolute Gasteiger partial charge is 0.376 e. The summed E-state index contributed by atoms with van der Waals surface area (Å²) in [5.41, 5.74) is 4.39. The van der Waals surface area contributed by atoms with Gasteiger partial charge in [0.05, 0.1) is 19.1 Å². The fraction of sp³-hybridized carbons (Fsp3) is 0.533. The van der Waals surface area contributed by atoms with Gasteiger partial charge in [-0.3, -0.25) is 15.1 Å². The summed E-state index contributed by atoms with van der Waals surface area (Å²) in [5, 5.41) is 0. The van der Waals surface area contributed by atoms with Crippen LogP contribution in [0.15, 0.2) is 24.3 Å². The van der Waals surface area contributed by atoms with Crippen molar-refractivity contribution < 1.29 is 9.53 Å². The van der Waals surface area contributed by atoms with Crippen LogP contribution in [0.5, 0.6) is 0 Å². The van der Waals surface area contributed by atoms with Gasteiger partial charge in [0.1, 0.15) is 0 Å². The summed E-state index contributed by atoms with van der Waals surface area (Å²) in [6.45, 7) is 6.77. The van der Waals surface area contributed by atoms with Gasteiger partial charge in [-0.25, -0.2) is 5.84 Å². The Morgan fingerprint density at radius 1 is 1.40 bits per heavy atom. The van der Waals surface area contributed by atoms with Crippen molar-refractivity contribution in [1.82, 2.24) is 10.3 Å². The van der Waals surface area contributed by atoms with Crippen molar-refractivity contribution in [3.63, 3.8) is 0 Å². The van der Waals surface area contributed by atoms with E-state index in [2.05, 4.69) is 30.2 Å². The Bertz CT molecular complexity index is 464. The summed E-state index contributed by atoms with van der Waals surface area (Å²) in [5.74, 6) is 5.00. The highest BCUT2D eigenvalue weighted by atomic mass is 16.5. The van der Waals surface area contributed by atoms with E-state index in [0.29, 0.717) is 12.5 Å². The first-order valence-electron chi connectivity index (χ1n) is 7.02. The van der Waals surface area contributed by atoms with Gasteiger partial charge < -0.3 is 4.74 Å². The van der Waals surface area contributed by atoms with E-state index in [4.69, 9.17) is 10.6 Å². The molecule has 0 bridgehead atoms. The summed E-state index contributed by atoms with van der Waals surface area (Å²) in [7, 11) is 0. The number of morpholine rings is 1. The van der Waals surface area contributed by atoms with Crippen molar-refractivity contribution in [3.05, 3.63) is 35.4 Å². The summed E-state index contributed by atoms with van der Waals surface area (Å²) in [6.07, 6.45) is 0.576. The lowest BCUT2D eigenvalue weighted by atomic mass is 10.0. The number of nitrogens with two attached hydrogens (primary N) is 1. The predicted octanol–water partition coefficient (Wildman–Crippen LogP) is 0.828. The number of amides is 1. The highest BCUT2D eigenvalue weighted by Crippen LogP contribution is 2.18. The summed E-state index contributed by atoms with van der Waals surface area (Å²) >= 11 is 0. The van der Waals surface area contributed by atoms with Gasteiger partial charge in [0.25, 0.3) is 0 Å². The number of hydrogen-bond donors (Lipinski definition) is 2. The molecule has 110 valence electrons. The van der Waals surface area contributed by atoms with E-state index in [9.17, 15) is 4.79 Å². The third-order valence-electron chi connectivity index (χ3n) is 3.74. The maximum absolute atomic E-state index is 11.5. The van der Waals surface area contributed by atoms with Crippen LogP contribution in [-0.2, 0) is 22.5 Å². The Balaban J connectivity index is 2.10. The first kappa shape index (κ1) is 15.0. The molecule has 1 aliphatic heterocycles. The normalized spacial score (nSPS) is 23.6. The van der Waals surface area contributed by atoms with Crippen LogP contribution in [0.25, 0.3) is 0 Å². The monoisotopic (exact) mass is 277 g/mol. The summed E-state index contributed by atoms with van der Waals surface area (Å²) < 4.78 is 5.65. The van der Waals surface area contributed by atoms with E-state index in [-0.39, 0.29) is 12.0 Å². The average Bonchev–Trinajstić information content (AvgIpc) is 2.44. The molecule has 1 amide bonds. The topological polar surface area (TPSA) is 67.6 Å². The first-order chi connectivity index (χ1) is 9.60. The predicted molar refractivity (Wildman–Crippen MR) is 77.8 cm³/mol. The van der Waals surface area contributed by atoms with Gasteiger partial charge >= 0.3 is 0 Å². The molecular formula is C15H23N3O2. The zero-order valence-corrected chi connectivity index (χ0v) is 12.1. The summed E-state index contributed by atoms with van der Waals surface area (Å²) in [6, 6.07) is 8.41. The van der Waals surface area contributed by atoms with Crippen LogP contribution < -0.4 is 11.3 Å². The second kappa shape index (κ2) is 6.83. The van der Waals surface area contributed by atoms with Crippen LogP contribution in [-0.4, -0.2) is 36.1 Å². The van der Waals surface area contributed by atoms with Crippen LogP contribution in [0, 0.1) is 0 Å². The quantitative estimate of drug-likeness (QED) is 0.486. The lowest BCUT2D eigenvalue weighted by Gasteiger charge is -2.37. The molecule has 1 fully saturated rings. The van der Waals surface area contributed by atoms with Gasteiger partial charge in [-0.1, -0.05) is 24.3 Å². The molecule has 0 spiro atoms. The second-order valence-corrected chi connectivity index (χ2v) is 5.44. The van der Waals surface area contributed by atoms with E-state index in [0.717, 1.165) is 25.3 Å². The molecule has 1 aromatic rings. The number of rotatable bonds is 4. The van der Waals surface area contributed by atoms with E-state index in [1.807, 2.05) is 18.2 Å². The third-order valence-corrected chi connectivity index (χ3v) is 3.74. The lowest BCUT2D eigenvalue weighted by molar-refractivity contribution is -0.120. The molecule has 1 saturated heterocycles. The van der Waals surface area contributed by atoms with Gasteiger partial charge in [-0.2, -0.15) is 0 Å². The molecule has 2 rings (SSSR count). The molecular weight excluding hydrogens is 254 g/mol. The first-order valence-corrected chi connectivity index (χ1v) is 7.02. The van der Waals surface area contributed by atoms with Crippen LogP contribution in [0.4, 0.5) is 0 Å². The molecule has 0 saturated carbocycles. The average molecular weight is 277 g/mol. The SMILES string of the molecule is CC1CN(Cc2ccccc2CC(=O)NN)C(C)CO1. The second-order valence-electron chi connectivity index (χ2n) is 5.44. The highest BCUT2D eigenvalue weighted by Gasteiger charge is 2.24. The van der Waals surface area contributed by atoms with Gasteiger partial charge in [0.2, 0.25) is 5.91 Å². The maximum Gasteiger partial charge on any atom is 0.238 e. The number of nitrogens with one attached hydrogen (secondary N) is 1. The molecule has 1 heterocycles. The Morgan fingerprint density at radius 2 is 2.10 bits per heavy atom. The number of benzene rings is 1. The van der Waals surface area contributed by atoms with Crippen molar-refractivity contribution >= 4 is 5.91 Å². The molecule has 20 heavy (non-hydrogen) atoms. The van der Waals surface area contributed by atoms with E-state index in [1.54, 1.807) is 0 Å². The molecule has 2 atom stereocenters. The van der Waals surface area contributed by atoms with E-state index >= 15 is 0 Å². The number of ether oxygens (including phenoxy) is 1. The van der Waals surface area contributed by atoms with Crippen molar-refractivity contribution in [1.29, 1.82) is 0 Å². The molecule has 0 aromatic heterocycles. The van der Waals surface area contributed by atoms with Crippen molar-refractivity contribution in [2.45, 2.75) is 39.0 Å². The Kier molecular flexibility index (Phi) is 5.11. The van der Waals surface area contributed by atoms with Crippen LogP contribution in [0.3, 0.4) is 0 Å². The molecule has 1 aromatic carbocycles. The number of hydrogen-bond acceptors (Lipinski definition) is 4. The van der Waals surface area contributed by atoms with Crippen LogP contribution in [0.1, 0.15) is 25.0 Å². The smallest absolute Gasteiger partial charge is 0.238 e. The van der Waals surface area contributed by atoms with Gasteiger partial charge in [-0.15, -0.1) is 0 Å². The lowest BCUT2D eigenvalue weighted by Crippen LogP contribution is -2.46. The van der Waals surface area contributed by atoms with E-state index in [1.165, 1.54) is 5.56 Å². The molecule has 0 radical (unpaired) electrons. The molecule has 5 nitrogen and oxygen atoms in total. The molecule has 3 N–H and O–H groups in total. The zero-order valence-electron chi connectivity index (χ0n) is 12.1. The number of carbonyl (C=O) groups excluding carboxylic acids is 1. The van der Waals surface area contributed by atoms with Crippen molar-refractivity contribution in [2.24, 2.45) is 5.84 Å². The standard InChI is InChI=1S/C15H23N3O2/c1-11-10-20-12(2)8-18(11)9-14-6-4-3-5-13(14)7-15(19)17-16/h3-6,11-12H,7-10,16H2,1-2H3,(H,17,19). The minimum Gasteiger partial charge on any atom is -0.376 e. The molecule has 5 heteroatoms. The van der Waals surface area contributed by atoms with Gasteiger partial charge in [-0.05, 0) is 25.0 Å². The molecule has 2 unspecified atom stereocenters. The zero-order chi connectivity index (χ0) is 14.5. The minimum atomic E-state index is -0.166. The minimum absolute atomic E-state index is 0.166. The van der Waals surface area contributed by atoms with Crippen molar-refractivity contribution in [2.75, 3.05) is 13.2 Å². The number of carbonyl (C=O) groups is 1. The Labute approximate surface area is 120 Å². The molecule has 1 aliphatic rings. The maximum atomic E-state index is 11.5. The van der Waals surface area contributed by atoms with Gasteiger partial charge in [0, 0.05) is 19.1 Å². The van der Waals surface area contributed by atoms with Crippen LogP contribution >= 0.6 is 0 Å². The van der Waals surface area contributed by atoms with Crippen LogP contribution in [0.2, 0.25) is 0 Å².